The molecule has 25 heavy (non-hydrogen) atoms. The van der Waals surface area contributed by atoms with E-state index in [2.05, 4.69) is 20.8 Å². The quantitative estimate of drug-likeness (QED) is 0.742. The van der Waals surface area contributed by atoms with Gasteiger partial charge < -0.3 is 15.4 Å². The Labute approximate surface area is 145 Å². The monoisotopic (exact) mass is 334 g/mol. The molecular weight excluding hydrogens is 316 g/mol. The molecule has 1 heterocycles. The molecule has 0 spiro atoms. The van der Waals surface area contributed by atoms with Crippen LogP contribution in [-0.2, 0) is 0 Å². The second-order valence-electron chi connectivity index (χ2n) is 5.48. The first-order chi connectivity index (χ1) is 12.1. The van der Waals surface area contributed by atoms with Gasteiger partial charge in [-0.05, 0) is 61.0 Å². The van der Waals surface area contributed by atoms with Crippen LogP contribution in [-0.4, -0.2) is 23.2 Å². The molecule has 0 saturated heterocycles. The molecule has 0 aliphatic carbocycles. The largest absolute Gasteiger partial charge is 0.497 e. The van der Waals surface area contributed by atoms with Crippen molar-refractivity contribution in [3.05, 3.63) is 71.8 Å². The van der Waals surface area contributed by atoms with Crippen molar-refractivity contribution in [3.8, 4) is 5.75 Å². The van der Waals surface area contributed by atoms with E-state index in [4.69, 9.17) is 4.74 Å². The van der Waals surface area contributed by atoms with Crippen molar-refractivity contribution in [2.75, 3.05) is 17.7 Å². The maximum Gasteiger partial charge on any atom is 0.256 e. The Morgan fingerprint density at radius 1 is 0.960 bits per heavy atom. The number of aryl methyl sites for hydroxylation is 1. The van der Waals surface area contributed by atoms with Gasteiger partial charge in [-0.2, -0.15) is 0 Å². The summed E-state index contributed by atoms with van der Waals surface area (Å²) in [7, 11) is 1.58. The van der Waals surface area contributed by atoms with Gasteiger partial charge in [0.1, 0.15) is 5.75 Å². The number of rotatable bonds is 5. The molecule has 126 valence electrons. The summed E-state index contributed by atoms with van der Waals surface area (Å²) in [5.74, 6) is 1.43. The van der Waals surface area contributed by atoms with Crippen molar-refractivity contribution in [2.45, 2.75) is 6.92 Å². The minimum Gasteiger partial charge on any atom is -0.497 e. The number of carbonyl (C=O) groups is 1. The van der Waals surface area contributed by atoms with E-state index >= 15 is 0 Å². The van der Waals surface area contributed by atoms with E-state index < -0.39 is 0 Å². The molecule has 0 unspecified atom stereocenters. The maximum atomic E-state index is 12.2. The van der Waals surface area contributed by atoms with E-state index in [0.717, 1.165) is 11.3 Å². The number of nitrogens with zero attached hydrogens (tertiary/aromatic N) is 2. The zero-order chi connectivity index (χ0) is 17.6. The number of hydrogen-bond acceptors (Lipinski definition) is 5. The van der Waals surface area contributed by atoms with Crippen LogP contribution in [0, 0.1) is 6.92 Å². The number of amides is 1. The van der Waals surface area contributed by atoms with Crippen molar-refractivity contribution in [1.82, 2.24) is 10.2 Å². The van der Waals surface area contributed by atoms with Gasteiger partial charge in [-0.15, -0.1) is 10.2 Å². The highest BCUT2D eigenvalue weighted by Crippen LogP contribution is 2.17. The molecule has 0 saturated carbocycles. The van der Waals surface area contributed by atoms with Crippen LogP contribution in [0.25, 0.3) is 0 Å². The average Bonchev–Trinajstić information content (AvgIpc) is 2.63. The summed E-state index contributed by atoms with van der Waals surface area (Å²) in [6.45, 7) is 2.02. The first-order valence-corrected chi connectivity index (χ1v) is 7.77. The van der Waals surface area contributed by atoms with Crippen LogP contribution in [0.1, 0.15) is 15.9 Å². The smallest absolute Gasteiger partial charge is 0.256 e. The van der Waals surface area contributed by atoms with Crippen molar-refractivity contribution in [2.24, 2.45) is 0 Å². The summed E-state index contributed by atoms with van der Waals surface area (Å²) in [6, 6.07) is 18.3. The van der Waals surface area contributed by atoms with Gasteiger partial charge in [0.25, 0.3) is 5.91 Å². The molecule has 0 radical (unpaired) electrons. The van der Waals surface area contributed by atoms with Gasteiger partial charge in [0.2, 0.25) is 0 Å². The molecule has 0 aliphatic rings. The van der Waals surface area contributed by atoms with Gasteiger partial charge in [0.05, 0.1) is 7.11 Å². The van der Waals surface area contributed by atoms with E-state index in [1.807, 2.05) is 31.2 Å². The molecule has 1 amide bonds. The number of aromatic nitrogens is 2. The summed E-state index contributed by atoms with van der Waals surface area (Å²) in [4.78, 5) is 12.2. The van der Waals surface area contributed by atoms with E-state index in [9.17, 15) is 4.79 Å². The fraction of sp³-hybridized carbons (Fsp3) is 0.105. The molecule has 3 aromatic rings. The summed E-state index contributed by atoms with van der Waals surface area (Å²) < 4.78 is 5.08. The summed E-state index contributed by atoms with van der Waals surface area (Å²) in [5, 5.41) is 14.0. The second kappa shape index (κ2) is 7.44. The van der Waals surface area contributed by atoms with Crippen LogP contribution >= 0.6 is 0 Å². The fourth-order valence-electron chi connectivity index (χ4n) is 2.27. The van der Waals surface area contributed by atoms with Crippen molar-refractivity contribution < 1.29 is 9.53 Å². The lowest BCUT2D eigenvalue weighted by molar-refractivity contribution is 0.102. The Morgan fingerprint density at radius 2 is 1.68 bits per heavy atom. The zero-order valence-corrected chi connectivity index (χ0v) is 14.0. The highest BCUT2D eigenvalue weighted by molar-refractivity contribution is 6.03. The van der Waals surface area contributed by atoms with Gasteiger partial charge in [0.15, 0.2) is 11.6 Å². The third kappa shape index (κ3) is 4.32. The van der Waals surface area contributed by atoms with Gasteiger partial charge in [-0.1, -0.05) is 12.1 Å². The van der Waals surface area contributed by atoms with Crippen LogP contribution < -0.4 is 15.4 Å². The van der Waals surface area contributed by atoms with Gasteiger partial charge in [0, 0.05) is 11.3 Å². The highest BCUT2D eigenvalue weighted by Gasteiger charge is 2.07. The first kappa shape index (κ1) is 16.4. The minimum absolute atomic E-state index is 0.253. The number of anilines is 3. The van der Waals surface area contributed by atoms with Crippen LogP contribution in [0.15, 0.2) is 60.7 Å². The second-order valence-corrected chi connectivity index (χ2v) is 5.48. The third-order valence-corrected chi connectivity index (χ3v) is 3.55. The summed E-state index contributed by atoms with van der Waals surface area (Å²) in [5.41, 5.74) is 2.61. The minimum atomic E-state index is -0.253. The molecule has 1 aromatic heterocycles. The van der Waals surface area contributed by atoms with Crippen LogP contribution in [0.2, 0.25) is 0 Å². The van der Waals surface area contributed by atoms with Gasteiger partial charge >= 0.3 is 0 Å². The van der Waals surface area contributed by atoms with Gasteiger partial charge in [-0.25, -0.2) is 0 Å². The number of methoxy groups -OCH3 is 1. The summed E-state index contributed by atoms with van der Waals surface area (Å²) >= 11 is 0. The van der Waals surface area contributed by atoms with E-state index in [1.54, 1.807) is 43.5 Å². The number of hydrogen-bond donors (Lipinski definition) is 2. The van der Waals surface area contributed by atoms with Crippen molar-refractivity contribution >= 4 is 23.2 Å². The normalized spacial score (nSPS) is 10.2. The molecular formula is C19H18N4O2. The Hall–Kier alpha value is -3.41. The number of ether oxygens (including phenoxy) is 1. The molecule has 2 aromatic carbocycles. The maximum absolute atomic E-state index is 12.2. The van der Waals surface area contributed by atoms with Crippen LogP contribution in [0.3, 0.4) is 0 Å². The number of nitrogens with one attached hydrogen (secondary N) is 2. The lowest BCUT2D eigenvalue weighted by atomic mass is 10.2. The van der Waals surface area contributed by atoms with Crippen molar-refractivity contribution in [1.29, 1.82) is 0 Å². The topological polar surface area (TPSA) is 76.1 Å². The zero-order valence-electron chi connectivity index (χ0n) is 14.0. The van der Waals surface area contributed by atoms with Gasteiger partial charge in [-0.3, -0.25) is 4.79 Å². The first-order valence-electron chi connectivity index (χ1n) is 7.77. The standard InChI is InChI=1S/C19H18N4O2/c1-13-4-3-5-15(12-13)20-17-10-11-18(23-22-17)21-19(24)14-6-8-16(25-2)9-7-14/h3-12H,1-2H3,(H,20,22)(H,21,23,24). The van der Waals surface area contributed by atoms with Crippen LogP contribution in [0.5, 0.6) is 5.75 Å². The molecule has 0 bridgehead atoms. The molecule has 0 atom stereocenters. The molecule has 0 aliphatic heterocycles. The predicted octanol–water partition coefficient (Wildman–Crippen LogP) is 3.79. The number of carbonyl (C=O) groups excluding carboxylic acids is 1. The molecule has 6 nitrogen and oxygen atoms in total. The highest BCUT2D eigenvalue weighted by atomic mass is 16.5. The fourth-order valence-corrected chi connectivity index (χ4v) is 2.27. The Bertz CT molecular complexity index is 861. The predicted molar refractivity (Wildman–Crippen MR) is 97.4 cm³/mol. The molecule has 6 heteroatoms. The number of benzene rings is 2. The van der Waals surface area contributed by atoms with E-state index in [-0.39, 0.29) is 5.91 Å². The molecule has 3 rings (SSSR count). The van der Waals surface area contributed by atoms with Crippen molar-refractivity contribution in [3.63, 3.8) is 0 Å². The third-order valence-electron chi connectivity index (χ3n) is 3.55. The summed E-state index contributed by atoms with van der Waals surface area (Å²) in [6.07, 6.45) is 0. The Balaban J connectivity index is 1.64. The SMILES string of the molecule is COc1ccc(C(=O)Nc2ccc(Nc3cccc(C)c3)nn2)cc1. The Kier molecular flexibility index (Phi) is 4.89. The lowest BCUT2D eigenvalue weighted by Gasteiger charge is -2.07. The molecule has 2 N–H and O–H groups in total. The van der Waals surface area contributed by atoms with Crippen LogP contribution in [0.4, 0.5) is 17.3 Å². The van der Waals surface area contributed by atoms with E-state index in [0.29, 0.717) is 22.9 Å². The van der Waals surface area contributed by atoms with E-state index in [1.165, 1.54) is 0 Å². The average molecular weight is 334 g/mol. The lowest BCUT2D eigenvalue weighted by Crippen LogP contribution is -2.13. The molecule has 0 fully saturated rings. The Morgan fingerprint density at radius 3 is 2.32 bits per heavy atom.